The third-order valence-electron chi connectivity index (χ3n) is 5.30. The predicted octanol–water partition coefficient (Wildman–Crippen LogP) is 3.86. The molecule has 2 aromatic rings. The number of halogens is 1. The van der Waals surface area contributed by atoms with Crippen molar-refractivity contribution in [3.63, 3.8) is 0 Å². The largest absolute Gasteiger partial charge is 0.497 e. The molecule has 0 aliphatic carbocycles. The maximum absolute atomic E-state index is 13.0. The van der Waals surface area contributed by atoms with E-state index < -0.39 is 23.7 Å². The molecular formula is C25H24ClN3O6S. The third kappa shape index (κ3) is 6.11. The molecule has 188 valence electrons. The molecule has 3 rings (SSSR count). The summed E-state index contributed by atoms with van der Waals surface area (Å²) in [5.41, 5.74) is 1.11. The number of hydrogen-bond donors (Lipinski definition) is 2. The van der Waals surface area contributed by atoms with E-state index >= 15 is 0 Å². The maximum atomic E-state index is 13.0. The first-order valence-corrected chi connectivity index (χ1v) is 12.2. The van der Waals surface area contributed by atoms with Gasteiger partial charge in [-0.1, -0.05) is 35.5 Å². The van der Waals surface area contributed by atoms with Crippen LogP contribution in [-0.2, 0) is 19.1 Å². The number of carbonyl (C=O) groups is 3. The second-order valence-electron chi connectivity index (χ2n) is 7.51. The summed E-state index contributed by atoms with van der Waals surface area (Å²) in [5.74, 6) is -3.16. The zero-order valence-electron chi connectivity index (χ0n) is 19.8. The Morgan fingerprint density at radius 3 is 2.64 bits per heavy atom. The van der Waals surface area contributed by atoms with E-state index in [2.05, 4.69) is 16.7 Å². The first kappa shape index (κ1) is 26.9. The third-order valence-corrected chi connectivity index (χ3v) is 6.61. The van der Waals surface area contributed by atoms with E-state index in [0.717, 1.165) is 11.8 Å². The molecule has 0 unspecified atom stereocenters. The lowest BCUT2D eigenvalue weighted by atomic mass is 9.78. The van der Waals surface area contributed by atoms with Crippen molar-refractivity contribution in [1.29, 1.82) is 5.26 Å². The van der Waals surface area contributed by atoms with E-state index in [0.29, 0.717) is 29.4 Å². The van der Waals surface area contributed by atoms with Gasteiger partial charge >= 0.3 is 5.97 Å². The van der Waals surface area contributed by atoms with Gasteiger partial charge in [0.05, 0.1) is 48.3 Å². The Morgan fingerprint density at radius 2 is 2.00 bits per heavy atom. The van der Waals surface area contributed by atoms with Crippen LogP contribution in [0.25, 0.3) is 0 Å². The highest BCUT2D eigenvalue weighted by molar-refractivity contribution is 8.03. The second kappa shape index (κ2) is 12.3. The first-order chi connectivity index (χ1) is 17.3. The van der Waals surface area contributed by atoms with Crippen LogP contribution >= 0.6 is 23.4 Å². The Bertz CT molecular complexity index is 1240. The number of methoxy groups -OCH3 is 2. The van der Waals surface area contributed by atoms with Gasteiger partial charge in [-0.2, -0.15) is 5.26 Å². The predicted molar refractivity (Wildman–Crippen MR) is 136 cm³/mol. The summed E-state index contributed by atoms with van der Waals surface area (Å²) >= 11 is 7.32. The number of nitrogens with one attached hydrogen (secondary N) is 2. The smallest absolute Gasteiger partial charge is 0.319 e. The van der Waals surface area contributed by atoms with E-state index in [1.165, 1.54) is 14.2 Å². The number of anilines is 1. The van der Waals surface area contributed by atoms with Crippen molar-refractivity contribution in [2.75, 3.05) is 31.9 Å². The van der Waals surface area contributed by atoms with E-state index in [-0.39, 0.29) is 27.3 Å². The number of ether oxygens (including phenoxy) is 3. The molecule has 11 heteroatoms. The number of rotatable bonds is 9. The molecule has 36 heavy (non-hydrogen) atoms. The van der Waals surface area contributed by atoms with Crippen LogP contribution < -0.4 is 20.1 Å². The van der Waals surface area contributed by atoms with Gasteiger partial charge in [-0.05, 0) is 36.8 Å². The van der Waals surface area contributed by atoms with Gasteiger partial charge in [0, 0.05) is 17.7 Å². The van der Waals surface area contributed by atoms with Crippen LogP contribution in [0.15, 0.2) is 53.1 Å². The summed E-state index contributed by atoms with van der Waals surface area (Å²) < 4.78 is 15.5. The minimum Gasteiger partial charge on any atom is -0.497 e. The van der Waals surface area contributed by atoms with Crippen molar-refractivity contribution in [3.8, 4) is 17.6 Å². The zero-order valence-corrected chi connectivity index (χ0v) is 21.4. The van der Waals surface area contributed by atoms with E-state index in [1.54, 1.807) is 42.5 Å². The monoisotopic (exact) mass is 529 g/mol. The van der Waals surface area contributed by atoms with Crippen LogP contribution in [0.1, 0.15) is 18.4 Å². The van der Waals surface area contributed by atoms with Gasteiger partial charge in [0.25, 0.3) is 0 Å². The lowest BCUT2D eigenvalue weighted by Gasteiger charge is -2.31. The van der Waals surface area contributed by atoms with Gasteiger partial charge in [0.1, 0.15) is 17.4 Å². The average molecular weight is 530 g/mol. The molecule has 0 saturated heterocycles. The normalized spacial score (nSPS) is 17.0. The number of esters is 1. The molecule has 2 amide bonds. The van der Waals surface area contributed by atoms with E-state index in [9.17, 15) is 19.6 Å². The molecule has 2 N–H and O–H groups in total. The van der Waals surface area contributed by atoms with Gasteiger partial charge in [-0.3, -0.25) is 14.4 Å². The van der Waals surface area contributed by atoms with Crippen molar-refractivity contribution in [2.45, 2.75) is 12.8 Å². The van der Waals surface area contributed by atoms with Gasteiger partial charge in [0.2, 0.25) is 11.8 Å². The molecule has 9 nitrogen and oxygen atoms in total. The minimum atomic E-state index is -1.31. The highest BCUT2D eigenvalue weighted by Gasteiger charge is 2.44. The quantitative estimate of drug-likeness (QED) is 0.370. The molecular weight excluding hydrogens is 506 g/mol. The number of amides is 2. The van der Waals surface area contributed by atoms with Crippen LogP contribution in [0.3, 0.4) is 0 Å². The van der Waals surface area contributed by atoms with Gasteiger partial charge in [-0.25, -0.2) is 0 Å². The maximum Gasteiger partial charge on any atom is 0.319 e. The summed E-state index contributed by atoms with van der Waals surface area (Å²) in [5, 5.41) is 15.8. The molecule has 1 aliphatic rings. The van der Waals surface area contributed by atoms with Gasteiger partial charge in [0.15, 0.2) is 0 Å². The number of allylic oxidation sites excluding steroid dienone is 1. The zero-order chi connectivity index (χ0) is 26.2. The highest BCUT2D eigenvalue weighted by atomic mass is 35.5. The molecule has 1 aliphatic heterocycles. The number of benzene rings is 2. The van der Waals surface area contributed by atoms with Crippen molar-refractivity contribution in [2.24, 2.45) is 5.92 Å². The molecule has 0 radical (unpaired) electrons. The van der Waals surface area contributed by atoms with Crippen LogP contribution in [-0.4, -0.2) is 44.4 Å². The lowest BCUT2D eigenvalue weighted by Crippen LogP contribution is -2.44. The summed E-state index contributed by atoms with van der Waals surface area (Å²) in [6, 6.07) is 13.8. The van der Waals surface area contributed by atoms with Crippen LogP contribution in [0.2, 0.25) is 5.02 Å². The van der Waals surface area contributed by atoms with Crippen LogP contribution in [0.5, 0.6) is 11.5 Å². The molecule has 0 fully saturated rings. The van der Waals surface area contributed by atoms with Crippen molar-refractivity contribution < 1.29 is 28.6 Å². The molecule has 0 spiro atoms. The highest BCUT2D eigenvalue weighted by Crippen LogP contribution is 2.42. The minimum absolute atomic E-state index is 0.0996. The van der Waals surface area contributed by atoms with Gasteiger partial charge < -0.3 is 24.8 Å². The number of nitriles is 1. The number of carbonyl (C=O) groups excluding carboxylic acids is 3. The Hall–Kier alpha value is -3.68. The number of nitrogens with zero attached hydrogens (tertiary/aromatic N) is 1. The fourth-order valence-corrected chi connectivity index (χ4v) is 4.79. The van der Waals surface area contributed by atoms with E-state index in [1.807, 2.05) is 6.92 Å². The summed E-state index contributed by atoms with van der Waals surface area (Å²) in [6.07, 6.45) is 0. The van der Waals surface area contributed by atoms with Crippen molar-refractivity contribution >= 4 is 46.8 Å². The lowest BCUT2D eigenvalue weighted by molar-refractivity contribution is -0.150. The standard InChI is InChI=1S/C25H24ClN3O6S/c1-4-35-19-9-8-14(10-18(19)26)21-17(12-27)24(29-23(31)22(21)25(32)34-3)36-13-20(30)28-15-6-5-7-16(11-15)33-2/h5-11,21-22H,4,13H2,1-3H3,(H,28,30)(H,29,31)/t21-,22+/m0/s1. The van der Waals surface area contributed by atoms with Gasteiger partial charge in [-0.15, -0.1) is 0 Å². The molecule has 0 bridgehead atoms. The number of thioether (sulfide) groups is 1. The SMILES string of the molecule is CCOc1ccc([C@H]2C(C#N)=C(SCC(=O)Nc3cccc(OC)c3)NC(=O)[C@@H]2C(=O)OC)cc1Cl. The van der Waals surface area contributed by atoms with Crippen LogP contribution in [0.4, 0.5) is 5.69 Å². The number of hydrogen-bond acceptors (Lipinski definition) is 8. The topological polar surface area (TPSA) is 127 Å². The van der Waals surface area contributed by atoms with E-state index in [4.69, 9.17) is 25.8 Å². The molecule has 2 aromatic carbocycles. The molecule has 2 atom stereocenters. The Labute approximate surface area is 217 Å². The fourth-order valence-electron chi connectivity index (χ4n) is 3.70. The summed E-state index contributed by atoms with van der Waals surface area (Å²) in [7, 11) is 2.69. The second-order valence-corrected chi connectivity index (χ2v) is 8.91. The fraction of sp³-hybridized carbons (Fsp3) is 0.280. The van der Waals surface area contributed by atoms with Crippen molar-refractivity contribution in [3.05, 3.63) is 63.7 Å². The Balaban J connectivity index is 1.91. The summed E-state index contributed by atoms with van der Waals surface area (Å²) in [4.78, 5) is 38.1. The Morgan fingerprint density at radius 1 is 1.22 bits per heavy atom. The van der Waals surface area contributed by atoms with Crippen LogP contribution in [0, 0.1) is 17.2 Å². The summed E-state index contributed by atoms with van der Waals surface area (Å²) in [6.45, 7) is 2.21. The van der Waals surface area contributed by atoms with Crippen molar-refractivity contribution in [1.82, 2.24) is 5.32 Å². The average Bonchev–Trinajstić information content (AvgIpc) is 2.88. The molecule has 0 aromatic heterocycles. The molecule has 1 heterocycles. The molecule has 0 saturated carbocycles. The first-order valence-electron chi connectivity index (χ1n) is 10.8. The Kier molecular flexibility index (Phi) is 9.22.